The third kappa shape index (κ3) is 5.69. The van der Waals surface area contributed by atoms with E-state index in [1.165, 1.54) is 5.56 Å². The number of nitrogens with one attached hydrogen (secondary N) is 1. The van der Waals surface area contributed by atoms with E-state index >= 15 is 0 Å². The SMILES string of the molecule is COc1cc(/C=N\NC(=O)Cc2cccs2)ccc1OCc1cccc(C)c1. The molecule has 0 unspecified atom stereocenters. The summed E-state index contributed by atoms with van der Waals surface area (Å²) in [6.07, 6.45) is 1.91. The molecule has 1 heterocycles. The topological polar surface area (TPSA) is 59.9 Å². The van der Waals surface area contributed by atoms with E-state index in [4.69, 9.17) is 9.47 Å². The van der Waals surface area contributed by atoms with Crippen LogP contribution in [-0.2, 0) is 17.8 Å². The maximum absolute atomic E-state index is 11.9. The second-order valence-corrected chi connectivity index (χ2v) is 7.27. The minimum atomic E-state index is -0.149. The first kappa shape index (κ1) is 19.6. The highest BCUT2D eigenvalue weighted by Crippen LogP contribution is 2.28. The zero-order chi connectivity index (χ0) is 19.8. The lowest BCUT2D eigenvalue weighted by molar-refractivity contribution is -0.120. The number of hydrogen-bond acceptors (Lipinski definition) is 5. The fourth-order valence-corrected chi connectivity index (χ4v) is 3.34. The number of thiophene rings is 1. The van der Waals surface area contributed by atoms with Gasteiger partial charge in [-0.3, -0.25) is 4.79 Å². The molecule has 3 rings (SSSR count). The molecule has 0 aliphatic carbocycles. The largest absolute Gasteiger partial charge is 0.493 e. The van der Waals surface area contributed by atoms with Gasteiger partial charge in [0, 0.05) is 4.88 Å². The Hall–Kier alpha value is -3.12. The van der Waals surface area contributed by atoms with Crippen molar-refractivity contribution in [2.75, 3.05) is 7.11 Å². The van der Waals surface area contributed by atoms with Gasteiger partial charge in [-0.15, -0.1) is 11.3 Å². The summed E-state index contributed by atoms with van der Waals surface area (Å²) in [6.45, 7) is 2.52. The van der Waals surface area contributed by atoms with Crippen molar-refractivity contribution in [2.24, 2.45) is 5.10 Å². The summed E-state index contributed by atoms with van der Waals surface area (Å²) >= 11 is 1.55. The molecular formula is C22H22N2O3S. The number of nitrogens with zero attached hydrogens (tertiary/aromatic N) is 1. The van der Waals surface area contributed by atoms with Crippen LogP contribution in [0.5, 0.6) is 11.5 Å². The van der Waals surface area contributed by atoms with Crippen molar-refractivity contribution in [3.8, 4) is 11.5 Å². The van der Waals surface area contributed by atoms with Crippen LogP contribution >= 0.6 is 11.3 Å². The van der Waals surface area contributed by atoms with Gasteiger partial charge in [0.05, 0.1) is 19.7 Å². The molecule has 0 saturated heterocycles. The Morgan fingerprint density at radius 3 is 2.79 bits per heavy atom. The molecule has 144 valence electrons. The molecule has 28 heavy (non-hydrogen) atoms. The number of aryl methyl sites for hydroxylation is 1. The third-order valence-electron chi connectivity index (χ3n) is 3.98. The van der Waals surface area contributed by atoms with Gasteiger partial charge in [-0.25, -0.2) is 5.43 Å². The van der Waals surface area contributed by atoms with E-state index in [0.717, 1.165) is 16.0 Å². The molecule has 0 aliphatic rings. The van der Waals surface area contributed by atoms with Crippen molar-refractivity contribution in [3.05, 3.63) is 81.5 Å². The maximum Gasteiger partial charge on any atom is 0.245 e. The van der Waals surface area contributed by atoms with Gasteiger partial charge in [0.2, 0.25) is 5.91 Å². The molecule has 1 aromatic heterocycles. The standard InChI is InChI=1S/C22H22N2O3S/c1-16-5-3-6-18(11-16)15-27-20-9-8-17(12-21(20)26-2)14-23-24-22(25)13-19-7-4-10-28-19/h3-12,14H,13,15H2,1-2H3,(H,24,25)/b23-14-. The summed E-state index contributed by atoms with van der Waals surface area (Å²) in [6, 6.07) is 17.5. The first-order valence-electron chi connectivity index (χ1n) is 8.85. The molecule has 0 saturated carbocycles. The number of hydrazone groups is 1. The van der Waals surface area contributed by atoms with Crippen molar-refractivity contribution in [3.63, 3.8) is 0 Å². The first-order chi connectivity index (χ1) is 13.6. The highest BCUT2D eigenvalue weighted by molar-refractivity contribution is 7.10. The van der Waals surface area contributed by atoms with Crippen LogP contribution in [0.4, 0.5) is 0 Å². The summed E-state index contributed by atoms with van der Waals surface area (Å²) in [5, 5.41) is 5.96. The monoisotopic (exact) mass is 394 g/mol. The van der Waals surface area contributed by atoms with E-state index in [0.29, 0.717) is 24.5 Å². The summed E-state index contributed by atoms with van der Waals surface area (Å²) in [5.74, 6) is 1.12. The van der Waals surface area contributed by atoms with Gasteiger partial charge in [0.25, 0.3) is 0 Å². The number of rotatable bonds is 8. The minimum Gasteiger partial charge on any atom is -0.493 e. The average molecular weight is 394 g/mol. The smallest absolute Gasteiger partial charge is 0.245 e. The lowest BCUT2D eigenvalue weighted by Crippen LogP contribution is -2.19. The van der Waals surface area contributed by atoms with Crippen LogP contribution in [0.2, 0.25) is 0 Å². The van der Waals surface area contributed by atoms with Crippen LogP contribution in [0, 0.1) is 6.92 Å². The zero-order valence-electron chi connectivity index (χ0n) is 15.8. The van der Waals surface area contributed by atoms with Gasteiger partial charge in [-0.2, -0.15) is 5.10 Å². The molecular weight excluding hydrogens is 372 g/mol. The number of methoxy groups -OCH3 is 1. The average Bonchev–Trinajstić information content (AvgIpc) is 3.19. The van der Waals surface area contributed by atoms with Crippen LogP contribution in [0.25, 0.3) is 0 Å². The van der Waals surface area contributed by atoms with Crippen molar-refractivity contribution in [2.45, 2.75) is 20.0 Å². The zero-order valence-corrected chi connectivity index (χ0v) is 16.7. The lowest BCUT2D eigenvalue weighted by Gasteiger charge is -2.11. The molecule has 0 spiro atoms. The fourth-order valence-electron chi connectivity index (χ4n) is 2.64. The van der Waals surface area contributed by atoms with Crippen LogP contribution in [0.1, 0.15) is 21.6 Å². The number of benzene rings is 2. The Kier molecular flexibility index (Phi) is 6.81. The summed E-state index contributed by atoms with van der Waals surface area (Å²) < 4.78 is 11.3. The Balaban J connectivity index is 1.58. The van der Waals surface area contributed by atoms with Gasteiger partial charge in [-0.1, -0.05) is 35.9 Å². The maximum atomic E-state index is 11.9. The van der Waals surface area contributed by atoms with E-state index < -0.39 is 0 Å². The fraction of sp³-hybridized carbons (Fsp3) is 0.182. The molecule has 2 aromatic carbocycles. The van der Waals surface area contributed by atoms with Gasteiger partial charge in [0.15, 0.2) is 11.5 Å². The number of carbonyl (C=O) groups is 1. The molecule has 6 heteroatoms. The predicted octanol–water partition coefficient (Wildman–Crippen LogP) is 4.34. The highest BCUT2D eigenvalue weighted by Gasteiger charge is 2.06. The molecule has 1 amide bonds. The molecule has 0 bridgehead atoms. The number of hydrogen-bond donors (Lipinski definition) is 1. The molecule has 0 radical (unpaired) electrons. The molecule has 1 N–H and O–H groups in total. The number of amides is 1. The van der Waals surface area contributed by atoms with E-state index in [1.54, 1.807) is 24.7 Å². The van der Waals surface area contributed by atoms with Crippen LogP contribution in [0.3, 0.4) is 0 Å². The molecule has 0 fully saturated rings. The second kappa shape index (κ2) is 9.71. The van der Waals surface area contributed by atoms with Crippen LogP contribution in [-0.4, -0.2) is 19.2 Å². The Bertz CT molecular complexity index is 952. The Labute approximate surface area is 168 Å². The van der Waals surface area contributed by atoms with Crippen molar-refractivity contribution in [1.82, 2.24) is 5.43 Å². The number of carbonyl (C=O) groups excluding carboxylic acids is 1. The molecule has 3 aromatic rings. The summed E-state index contributed by atoms with van der Waals surface area (Å²) in [7, 11) is 1.60. The Morgan fingerprint density at radius 2 is 2.04 bits per heavy atom. The first-order valence-corrected chi connectivity index (χ1v) is 9.72. The van der Waals surface area contributed by atoms with E-state index in [2.05, 4.69) is 29.6 Å². The van der Waals surface area contributed by atoms with Gasteiger partial charge in [0.1, 0.15) is 6.61 Å². The van der Waals surface area contributed by atoms with Crippen molar-refractivity contribution in [1.29, 1.82) is 0 Å². The second-order valence-electron chi connectivity index (χ2n) is 6.24. The molecule has 5 nitrogen and oxygen atoms in total. The van der Waals surface area contributed by atoms with E-state index in [1.807, 2.05) is 47.8 Å². The van der Waals surface area contributed by atoms with Gasteiger partial charge in [-0.05, 0) is 47.7 Å². The van der Waals surface area contributed by atoms with Crippen molar-refractivity contribution < 1.29 is 14.3 Å². The van der Waals surface area contributed by atoms with Gasteiger partial charge >= 0.3 is 0 Å². The summed E-state index contributed by atoms with van der Waals surface area (Å²) in [4.78, 5) is 12.9. The summed E-state index contributed by atoms with van der Waals surface area (Å²) in [5.41, 5.74) is 5.63. The Morgan fingerprint density at radius 1 is 1.14 bits per heavy atom. The van der Waals surface area contributed by atoms with Crippen LogP contribution in [0.15, 0.2) is 65.1 Å². The molecule has 0 atom stereocenters. The quantitative estimate of drug-likeness (QED) is 0.457. The lowest BCUT2D eigenvalue weighted by atomic mass is 10.1. The van der Waals surface area contributed by atoms with E-state index in [9.17, 15) is 4.79 Å². The normalized spacial score (nSPS) is 10.8. The van der Waals surface area contributed by atoms with Gasteiger partial charge < -0.3 is 9.47 Å². The predicted molar refractivity (Wildman–Crippen MR) is 112 cm³/mol. The minimum absolute atomic E-state index is 0.149. The highest BCUT2D eigenvalue weighted by atomic mass is 32.1. The number of ether oxygens (including phenoxy) is 2. The van der Waals surface area contributed by atoms with E-state index in [-0.39, 0.29) is 5.91 Å². The molecule has 0 aliphatic heterocycles. The third-order valence-corrected chi connectivity index (χ3v) is 4.86. The van der Waals surface area contributed by atoms with Crippen LogP contribution < -0.4 is 14.9 Å². The van der Waals surface area contributed by atoms with Crippen molar-refractivity contribution >= 4 is 23.5 Å².